The lowest BCUT2D eigenvalue weighted by molar-refractivity contribution is -0.113. The van der Waals surface area contributed by atoms with E-state index in [1.807, 2.05) is 37.5 Å². The SMILES string of the molecule is CCn1c(SCC(=O)Nc2nccs2)nnc1[C@H](C)NC(=O)c1ccc(C)cc1. The fourth-order valence-corrected chi connectivity index (χ4v) is 4.00. The maximum absolute atomic E-state index is 12.5. The van der Waals surface area contributed by atoms with E-state index >= 15 is 0 Å². The molecular formula is C19H22N6O2S2. The molecule has 8 nitrogen and oxygen atoms in total. The number of nitrogens with one attached hydrogen (secondary N) is 2. The Morgan fingerprint density at radius 1 is 1.24 bits per heavy atom. The van der Waals surface area contributed by atoms with Gasteiger partial charge in [0.05, 0.1) is 11.8 Å². The smallest absolute Gasteiger partial charge is 0.251 e. The van der Waals surface area contributed by atoms with Gasteiger partial charge in [-0.3, -0.25) is 9.59 Å². The average Bonchev–Trinajstić information content (AvgIpc) is 3.36. The number of carbonyl (C=O) groups is 2. The second-order valence-corrected chi connectivity index (χ2v) is 8.16. The van der Waals surface area contributed by atoms with Crippen LogP contribution in [0.3, 0.4) is 0 Å². The van der Waals surface area contributed by atoms with Gasteiger partial charge in [0.25, 0.3) is 5.91 Å². The molecule has 3 rings (SSSR count). The van der Waals surface area contributed by atoms with E-state index in [2.05, 4.69) is 25.8 Å². The van der Waals surface area contributed by atoms with Gasteiger partial charge in [-0.05, 0) is 32.9 Å². The van der Waals surface area contributed by atoms with Crippen molar-refractivity contribution in [3.8, 4) is 0 Å². The van der Waals surface area contributed by atoms with Gasteiger partial charge in [0.15, 0.2) is 16.1 Å². The van der Waals surface area contributed by atoms with Gasteiger partial charge in [0.1, 0.15) is 0 Å². The number of benzene rings is 1. The molecule has 29 heavy (non-hydrogen) atoms. The Morgan fingerprint density at radius 2 is 2.00 bits per heavy atom. The molecular weight excluding hydrogens is 408 g/mol. The molecule has 0 saturated heterocycles. The average molecular weight is 431 g/mol. The molecule has 1 aromatic carbocycles. The van der Waals surface area contributed by atoms with Crippen LogP contribution in [0.25, 0.3) is 0 Å². The van der Waals surface area contributed by atoms with Crippen molar-refractivity contribution >= 4 is 40.0 Å². The highest BCUT2D eigenvalue weighted by Crippen LogP contribution is 2.21. The molecule has 0 aliphatic rings. The van der Waals surface area contributed by atoms with Gasteiger partial charge in [0.2, 0.25) is 5.91 Å². The van der Waals surface area contributed by atoms with Crippen molar-refractivity contribution in [3.05, 3.63) is 52.8 Å². The number of nitrogens with zero attached hydrogens (tertiary/aromatic N) is 4. The lowest BCUT2D eigenvalue weighted by atomic mass is 10.1. The third-order valence-electron chi connectivity index (χ3n) is 4.12. The molecule has 10 heteroatoms. The van der Waals surface area contributed by atoms with Crippen molar-refractivity contribution in [2.45, 2.75) is 38.5 Å². The van der Waals surface area contributed by atoms with Gasteiger partial charge in [-0.2, -0.15) is 0 Å². The minimum Gasteiger partial charge on any atom is -0.342 e. The van der Waals surface area contributed by atoms with Crippen LogP contribution in [0.15, 0.2) is 41.0 Å². The highest BCUT2D eigenvalue weighted by atomic mass is 32.2. The predicted molar refractivity (Wildman–Crippen MR) is 114 cm³/mol. The zero-order valence-corrected chi connectivity index (χ0v) is 18.0. The molecule has 2 aromatic heterocycles. The van der Waals surface area contributed by atoms with E-state index in [9.17, 15) is 9.59 Å². The fraction of sp³-hybridized carbons (Fsp3) is 0.316. The van der Waals surface area contributed by atoms with E-state index in [0.717, 1.165) is 5.56 Å². The molecule has 2 N–H and O–H groups in total. The summed E-state index contributed by atoms with van der Waals surface area (Å²) in [6, 6.07) is 7.07. The zero-order valence-electron chi connectivity index (χ0n) is 16.4. The number of carbonyl (C=O) groups excluding carboxylic acids is 2. The number of thiazole rings is 1. The predicted octanol–water partition coefficient (Wildman–Crippen LogP) is 3.28. The Morgan fingerprint density at radius 3 is 2.66 bits per heavy atom. The number of rotatable bonds is 8. The standard InChI is InChI=1S/C19H22N6O2S2/c1-4-25-16(13(3)21-17(27)14-7-5-12(2)6-8-14)23-24-19(25)29-11-15(26)22-18-20-9-10-28-18/h5-10,13H,4,11H2,1-3H3,(H,21,27)(H,20,22,26)/t13-/m0/s1. The molecule has 0 aliphatic heterocycles. The summed E-state index contributed by atoms with van der Waals surface area (Å²) in [7, 11) is 0. The quantitative estimate of drug-likeness (QED) is 0.532. The Bertz CT molecular complexity index is 969. The number of hydrogen-bond donors (Lipinski definition) is 2. The summed E-state index contributed by atoms with van der Waals surface area (Å²) in [5.41, 5.74) is 1.69. The molecule has 0 aliphatic carbocycles. The van der Waals surface area contributed by atoms with Crippen molar-refractivity contribution < 1.29 is 9.59 Å². The van der Waals surface area contributed by atoms with Crippen LogP contribution in [0.2, 0.25) is 0 Å². The third-order valence-corrected chi connectivity index (χ3v) is 5.78. The molecule has 2 heterocycles. The maximum atomic E-state index is 12.5. The van der Waals surface area contributed by atoms with Crippen LogP contribution in [-0.4, -0.2) is 37.3 Å². The van der Waals surface area contributed by atoms with Gasteiger partial charge in [0, 0.05) is 23.7 Å². The zero-order chi connectivity index (χ0) is 20.8. The van der Waals surface area contributed by atoms with Crippen molar-refractivity contribution in [2.75, 3.05) is 11.1 Å². The number of thioether (sulfide) groups is 1. The first-order valence-electron chi connectivity index (χ1n) is 9.10. The molecule has 0 fully saturated rings. The van der Waals surface area contributed by atoms with Gasteiger partial charge >= 0.3 is 0 Å². The number of amides is 2. The van der Waals surface area contributed by atoms with Crippen LogP contribution in [0.5, 0.6) is 0 Å². The second kappa shape index (κ2) is 9.66. The number of anilines is 1. The van der Waals surface area contributed by atoms with Gasteiger partial charge in [-0.1, -0.05) is 29.5 Å². The molecule has 0 bridgehead atoms. The molecule has 0 unspecified atom stereocenters. The Labute approximate surface area is 177 Å². The first kappa shape index (κ1) is 21.0. The Balaban J connectivity index is 1.62. The number of hydrogen-bond acceptors (Lipinski definition) is 7. The molecule has 1 atom stereocenters. The van der Waals surface area contributed by atoms with E-state index in [-0.39, 0.29) is 23.6 Å². The Kier molecular flexibility index (Phi) is 6.99. The lowest BCUT2D eigenvalue weighted by Crippen LogP contribution is -2.28. The normalized spacial score (nSPS) is 11.8. The molecule has 2 amide bonds. The summed E-state index contributed by atoms with van der Waals surface area (Å²) < 4.78 is 1.90. The maximum Gasteiger partial charge on any atom is 0.251 e. The first-order chi connectivity index (χ1) is 14.0. The number of aromatic nitrogens is 4. The Hall–Kier alpha value is -2.72. The van der Waals surface area contributed by atoms with Gasteiger partial charge in [-0.15, -0.1) is 21.5 Å². The first-order valence-corrected chi connectivity index (χ1v) is 11.0. The summed E-state index contributed by atoms with van der Waals surface area (Å²) >= 11 is 2.67. The number of aryl methyl sites for hydroxylation is 1. The van der Waals surface area contributed by atoms with Crippen LogP contribution in [0.4, 0.5) is 5.13 Å². The molecule has 0 spiro atoms. The summed E-state index contributed by atoms with van der Waals surface area (Å²) in [6.07, 6.45) is 1.64. The minimum atomic E-state index is -0.324. The largest absolute Gasteiger partial charge is 0.342 e. The lowest BCUT2D eigenvalue weighted by Gasteiger charge is -2.15. The molecule has 3 aromatic rings. The van der Waals surface area contributed by atoms with Crippen molar-refractivity contribution in [3.63, 3.8) is 0 Å². The molecule has 0 saturated carbocycles. The summed E-state index contributed by atoms with van der Waals surface area (Å²) in [6.45, 7) is 6.45. The minimum absolute atomic E-state index is 0.155. The second-order valence-electron chi connectivity index (χ2n) is 6.32. The van der Waals surface area contributed by atoms with Crippen LogP contribution >= 0.6 is 23.1 Å². The highest BCUT2D eigenvalue weighted by molar-refractivity contribution is 7.99. The van der Waals surface area contributed by atoms with Gasteiger partial charge < -0.3 is 15.2 Å². The van der Waals surface area contributed by atoms with Gasteiger partial charge in [-0.25, -0.2) is 4.98 Å². The van der Waals surface area contributed by atoms with E-state index in [1.54, 1.807) is 23.7 Å². The monoisotopic (exact) mass is 430 g/mol. The van der Waals surface area contributed by atoms with Crippen LogP contribution in [0, 0.1) is 6.92 Å². The summed E-state index contributed by atoms with van der Waals surface area (Å²) in [4.78, 5) is 28.6. The van der Waals surface area contributed by atoms with E-state index < -0.39 is 0 Å². The van der Waals surface area contributed by atoms with Crippen LogP contribution in [0.1, 0.15) is 41.6 Å². The molecule has 0 radical (unpaired) electrons. The topological polar surface area (TPSA) is 102 Å². The van der Waals surface area contributed by atoms with E-state index in [0.29, 0.717) is 28.2 Å². The molecule has 152 valence electrons. The van der Waals surface area contributed by atoms with E-state index in [4.69, 9.17) is 0 Å². The van der Waals surface area contributed by atoms with Crippen LogP contribution in [-0.2, 0) is 11.3 Å². The van der Waals surface area contributed by atoms with E-state index in [1.165, 1.54) is 23.1 Å². The summed E-state index contributed by atoms with van der Waals surface area (Å²) in [5, 5.41) is 17.1. The van der Waals surface area contributed by atoms with Crippen molar-refractivity contribution in [1.82, 2.24) is 25.1 Å². The van der Waals surface area contributed by atoms with Crippen molar-refractivity contribution in [2.24, 2.45) is 0 Å². The highest BCUT2D eigenvalue weighted by Gasteiger charge is 2.20. The summed E-state index contributed by atoms with van der Waals surface area (Å²) in [5.74, 6) is 0.524. The third kappa shape index (κ3) is 5.42. The fourth-order valence-electron chi connectivity index (χ4n) is 2.64. The van der Waals surface area contributed by atoms with Crippen molar-refractivity contribution in [1.29, 1.82) is 0 Å². The van der Waals surface area contributed by atoms with Crippen LogP contribution < -0.4 is 10.6 Å².